The zero-order chi connectivity index (χ0) is 29.3. The van der Waals surface area contributed by atoms with Crippen LogP contribution in [0, 0.1) is 11.8 Å². The summed E-state index contributed by atoms with van der Waals surface area (Å²) in [4.78, 5) is 63.8. The summed E-state index contributed by atoms with van der Waals surface area (Å²) >= 11 is 0. The summed E-state index contributed by atoms with van der Waals surface area (Å²) in [6.45, 7) is 10.3. The van der Waals surface area contributed by atoms with E-state index in [0.29, 0.717) is 12.8 Å². The number of unbranched alkanes of at least 4 members (excludes halogenated alkanes) is 1. The lowest BCUT2D eigenvalue weighted by molar-refractivity contribution is -0.175. The van der Waals surface area contributed by atoms with Crippen molar-refractivity contribution in [3.8, 4) is 5.75 Å². The standard InChI is InChI=1S/C28H40N2O9/c1-7-9-11-19-25(39-22(32)14-15(3)4)17(6)38-28(36)23(16(5)37-27(19)35)30-26(34)18-12-10-13-20(24(18)33)29-21(31)8-2/h10,12-13,15-17,19,23,25,33H,7-9,11,14H2,1-6H3,(H,29,31)(H,30,34)/t16-,17+,19-,23+,25+/m1/s1. The van der Waals surface area contributed by atoms with Crippen molar-refractivity contribution >= 4 is 35.4 Å². The van der Waals surface area contributed by atoms with Gasteiger partial charge in [-0.15, -0.1) is 0 Å². The van der Waals surface area contributed by atoms with Crippen LogP contribution in [-0.2, 0) is 33.4 Å². The van der Waals surface area contributed by atoms with Gasteiger partial charge in [0.1, 0.15) is 12.2 Å². The molecule has 11 heteroatoms. The first-order chi connectivity index (χ1) is 18.4. The van der Waals surface area contributed by atoms with Crippen molar-refractivity contribution in [1.29, 1.82) is 0 Å². The number of esters is 3. The van der Waals surface area contributed by atoms with Crippen LogP contribution in [0.3, 0.4) is 0 Å². The maximum absolute atomic E-state index is 13.3. The first-order valence-corrected chi connectivity index (χ1v) is 13.4. The van der Waals surface area contributed by atoms with Gasteiger partial charge in [-0.2, -0.15) is 0 Å². The molecule has 216 valence electrons. The number of para-hydroxylation sites is 1. The predicted octanol–water partition coefficient (Wildman–Crippen LogP) is 3.48. The molecule has 0 radical (unpaired) electrons. The molecule has 0 bridgehead atoms. The zero-order valence-electron chi connectivity index (χ0n) is 23.4. The summed E-state index contributed by atoms with van der Waals surface area (Å²) in [5, 5.41) is 15.5. The molecule has 5 atom stereocenters. The highest BCUT2D eigenvalue weighted by molar-refractivity contribution is 6.02. The summed E-state index contributed by atoms with van der Waals surface area (Å²) in [6, 6.07) is 2.78. The first kappa shape index (κ1) is 31.6. The number of phenolic OH excluding ortho intramolecular Hbond substituents is 1. The molecule has 1 heterocycles. The number of aromatic hydroxyl groups is 1. The summed E-state index contributed by atoms with van der Waals surface area (Å²) in [5.74, 6) is -4.63. The van der Waals surface area contributed by atoms with Crippen LogP contribution < -0.4 is 10.6 Å². The average Bonchev–Trinajstić information content (AvgIpc) is 2.88. The number of hydrogen-bond donors (Lipinski definition) is 3. The summed E-state index contributed by atoms with van der Waals surface area (Å²) in [7, 11) is 0. The number of cyclic esters (lactones) is 2. The zero-order valence-corrected chi connectivity index (χ0v) is 23.4. The quantitative estimate of drug-likeness (QED) is 0.226. The second kappa shape index (κ2) is 14.5. The number of hydrogen-bond acceptors (Lipinski definition) is 9. The Morgan fingerprint density at radius 3 is 2.33 bits per heavy atom. The number of anilines is 1. The largest absolute Gasteiger partial charge is 0.505 e. The number of carbonyl (C=O) groups is 5. The molecular formula is C28H40N2O9. The van der Waals surface area contributed by atoms with E-state index in [1.54, 1.807) is 6.92 Å². The Hall–Kier alpha value is -3.63. The van der Waals surface area contributed by atoms with Crippen LogP contribution in [0.2, 0.25) is 0 Å². The van der Waals surface area contributed by atoms with Gasteiger partial charge in [-0.05, 0) is 38.3 Å². The molecular weight excluding hydrogens is 508 g/mol. The number of nitrogens with one attached hydrogen (secondary N) is 2. The molecule has 1 aliphatic rings. The molecule has 1 aromatic carbocycles. The van der Waals surface area contributed by atoms with Crippen LogP contribution in [0.5, 0.6) is 5.75 Å². The van der Waals surface area contributed by atoms with Crippen molar-refractivity contribution in [2.24, 2.45) is 11.8 Å². The fourth-order valence-electron chi connectivity index (χ4n) is 4.19. The number of benzene rings is 1. The van der Waals surface area contributed by atoms with Crippen LogP contribution in [-0.4, -0.2) is 59.2 Å². The fourth-order valence-corrected chi connectivity index (χ4v) is 4.19. The number of rotatable bonds is 10. The molecule has 0 saturated carbocycles. The monoisotopic (exact) mass is 548 g/mol. The molecule has 0 spiro atoms. The second-order valence-electron chi connectivity index (χ2n) is 10.1. The summed E-state index contributed by atoms with van der Waals surface area (Å²) < 4.78 is 16.9. The fraction of sp³-hybridized carbons (Fsp3) is 0.607. The van der Waals surface area contributed by atoms with Crippen molar-refractivity contribution in [1.82, 2.24) is 5.32 Å². The third-order valence-electron chi connectivity index (χ3n) is 6.36. The van der Waals surface area contributed by atoms with Crippen LogP contribution in [0.15, 0.2) is 18.2 Å². The minimum absolute atomic E-state index is 0.0255. The maximum Gasteiger partial charge on any atom is 0.332 e. The Labute approximate surface area is 228 Å². The highest BCUT2D eigenvalue weighted by Gasteiger charge is 2.43. The van der Waals surface area contributed by atoms with Gasteiger partial charge in [0.25, 0.3) is 5.91 Å². The van der Waals surface area contributed by atoms with E-state index in [2.05, 4.69) is 10.6 Å². The van der Waals surface area contributed by atoms with Gasteiger partial charge in [0.15, 0.2) is 17.9 Å². The lowest BCUT2D eigenvalue weighted by Gasteiger charge is -2.29. The average molecular weight is 549 g/mol. The van der Waals surface area contributed by atoms with Gasteiger partial charge in [0.2, 0.25) is 5.91 Å². The summed E-state index contributed by atoms with van der Waals surface area (Å²) in [6.07, 6.45) is -1.14. The molecule has 1 aromatic rings. The number of amides is 2. The third kappa shape index (κ3) is 8.69. The predicted molar refractivity (Wildman–Crippen MR) is 142 cm³/mol. The van der Waals surface area contributed by atoms with E-state index >= 15 is 0 Å². The van der Waals surface area contributed by atoms with Crippen LogP contribution in [0.4, 0.5) is 5.69 Å². The molecule has 2 rings (SSSR count). The highest BCUT2D eigenvalue weighted by Crippen LogP contribution is 2.29. The molecule has 1 saturated heterocycles. The summed E-state index contributed by atoms with van der Waals surface area (Å²) in [5.41, 5.74) is -0.172. The van der Waals surface area contributed by atoms with E-state index in [-0.39, 0.29) is 35.9 Å². The second-order valence-corrected chi connectivity index (χ2v) is 10.1. The normalized spacial score (nSPS) is 23.5. The van der Waals surface area contributed by atoms with Gasteiger partial charge in [-0.1, -0.05) is 46.6 Å². The van der Waals surface area contributed by atoms with Gasteiger partial charge in [0, 0.05) is 12.8 Å². The molecule has 2 amide bonds. The Morgan fingerprint density at radius 1 is 1.05 bits per heavy atom. The minimum Gasteiger partial charge on any atom is -0.505 e. The van der Waals surface area contributed by atoms with Gasteiger partial charge in [-0.25, -0.2) is 4.79 Å². The van der Waals surface area contributed by atoms with Crippen LogP contribution in [0.25, 0.3) is 0 Å². The SMILES string of the molecule is CCCC[C@H]1C(=O)O[C@H](C)[C@H](NC(=O)c2cccc(NC(=O)CC)c2O)C(=O)O[C@@H](C)[C@@H]1OC(=O)CC(C)C. The number of carbonyl (C=O) groups excluding carboxylic acids is 5. The lowest BCUT2D eigenvalue weighted by Crippen LogP contribution is -2.50. The topological polar surface area (TPSA) is 157 Å². The van der Waals surface area contributed by atoms with Crippen LogP contribution >= 0.6 is 0 Å². The maximum atomic E-state index is 13.3. The molecule has 39 heavy (non-hydrogen) atoms. The molecule has 11 nitrogen and oxygen atoms in total. The van der Waals surface area contributed by atoms with E-state index in [0.717, 1.165) is 6.42 Å². The number of phenols is 1. The number of ether oxygens (including phenoxy) is 3. The van der Waals surface area contributed by atoms with Crippen LogP contribution in [0.1, 0.15) is 84.0 Å². The first-order valence-electron chi connectivity index (χ1n) is 13.4. The van der Waals surface area contributed by atoms with E-state index in [1.807, 2.05) is 20.8 Å². The van der Waals surface area contributed by atoms with E-state index < -0.39 is 59.8 Å². The van der Waals surface area contributed by atoms with E-state index in [1.165, 1.54) is 32.0 Å². The highest BCUT2D eigenvalue weighted by atomic mass is 16.6. The molecule has 0 aliphatic carbocycles. The van der Waals surface area contributed by atoms with Gasteiger partial charge in [-0.3, -0.25) is 19.2 Å². The third-order valence-corrected chi connectivity index (χ3v) is 6.36. The Bertz CT molecular complexity index is 1060. The van der Waals surface area contributed by atoms with Gasteiger partial charge >= 0.3 is 17.9 Å². The minimum atomic E-state index is -1.42. The molecule has 3 N–H and O–H groups in total. The van der Waals surface area contributed by atoms with Gasteiger partial charge < -0.3 is 30.0 Å². The van der Waals surface area contributed by atoms with Crippen molar-refractivity contribution in [2.45, 2.75) is 98.0 Å². The molecule has 0 unspecified atom stereocenters. The Balaban J connectivity index is 2.34. The molecule has 1 aliphatic heterocycles. The van der Waals surface area contributed by atoms with Gasteiger partial charge in [0.05, 0.1) is 17.2 Å². The van der Waals surface area contributed by atoms with E-state index in [9.17, 15) is 29.1 Å². The molecule has 0 aromatic heterocycles. The van der Waals surface area contributed by atoms with E-state index in [4.69, 9.17) is 14.2 Å². The van der Waals surface area contributed by atoms with Crippen molar-refractivity contribution in [3.63, 3.8) is 0 Å². The smallest absolute Gasteiger partial charge is 0.332 e. The van der Waals surface area contributed by atoms with Crippen molar-refractivity contribution < 1.29 is 43.3 Å². The lowest BCUT2D eigenvalue weighted by atomic mass is 9.92. The Kier molecular flexibility index (Phi) is 11.7. The Morgan fingerprint density at radius 2 is 1.72 bits per heavy atom. The van der Waals surface area contributed by atoms with Crippen molar-refractivity contribution in [3.05, 3.63) is 23.8 Å². The van der Waals surface area contributed by atoms with Crippen molar-refractivity contribution in [2.75, 3.05) is 5.32 Å². The molecule has 1 fully saturated rings.